The van der Waals surface area contributed by atoms with Gasteiger partial charge in [-0.2, -0.15) is 0 Å². The molecule has 5 heteroatoms. The second-order valence-corrected chi connectivity index (χ2v) is 5.81. The van der Waals surface area contributed by atoms with Gasteiger partial charge in [0.25, 0.3) is 5.91 Å². The number of amides is 1. The molecule has 1 aliphatic rings. The van der Waals surface area contributed by atoms with E-state index in [-0.39, 0.29) is 19.1 Å². The Morgan fingerprint density at radius 2 is 2.10 bits per heavy atom. The molecule has 1 aromatic carbocycles. The van der Waals surface area contributed by atoms with Crippen LogP contribution in [0.15, 0.2) is 18.2 Å². The Hall–Kier alpha value is -1.88. The molecule has 114 valence electrons. The number of nitrogens with zero attached hydrogens (tertiary/aromatic N) is 1. The zero-order valence-corrected chi connectivity index (χ0v) is 12.7. The molecule has 1 N–H and O–H groups in total. The summed E-state index contributed by atoms with van der Waals surface area (Å²) in [6.45, 7) is 4.64. The van der Waals surface area contributed by atoms with E-state index in [1.54, 1.807) is 4.90 Å². The van der Waals surface area contributed by atoms with Gasteiger partial charge in [-0.25, -0.2) is 0 Å². The van der Waals surface area contributed by atoms with Gasteiger partial charge < -0.3 is 14.7 Å². The van der Waals surface area contributed by atoms with Crippen LogP contribution in [-0.4, -0.2) is 48.7 Å². The highest BCUT2D eigenvalue weighted by Gasteiger charge is 2.46. The SMILES string of the molecule is COCC1(C(=O)O)CCN(C(=O)c2ccc(C)cc2C)C1. The van der Waals surface area contributed by atoms with Crippen LogP contribution in [0.1, 0.15) is 27.9 Å². The lowest BCUT2D eigenvalue weighted by Crippen LogP contribution is -2.40. The number of hydrogen-bond acceptors (Lipinski definition) is 3. The summed E-state index contributed by atoms with van der Waals surface area (Å²) < 4.78 is 5.04. The van der Waals surface area contributed by atoms with Crippen LogP contribution in [-0.2, 0) is 9.53 Å². The molecule has 0 bridgehead atoms. The number of benzene rings is 1. The van der Waals surface area contributed by atoms with Gasteiger partial charge >= 0.3 is 5.97 Å². The van der Waals surface area contributed by atoms with Crippen LogP contribution >= 0.6 is 0 Å². The molecule has 1 saturated heterocycles. The number of methoxy groups -OCH3 is 1. The molecule has 1 atom stereocenters. The third-order valence-corrected chi connectivity index (χ3v) is 4.13. The Bertz CT molecular complexity index is 569. The van der Waals surface area contributed by atoms with Crippen molar-refractivity contribution in [1.29, 1.82) is 0 Å². The van der Waals surface area contributed by atoms with E-state index in [0.717, 1.165) is 11.1 Å². The van der Waals surface area contributed by atoms with E-state index < -0.39 is 11.4 Å². The Balaban J connectivity index is 2.20. The minimum absolute atomic E-state index is 0.105. The molecule has 0 spiro atoms. The summed E-state index contributed by atoms with van der Waals surface area (Å²) in [4.78, 5) is 25.7. The summed E-state index contributed by atoms with van der Waals surface area (Å²) in [5, 5.41) is 9.44. The topological polar surface area (TPSA) is 66.8 Å². The van der Waals surface area contributed by atoms with Crippen molar-refractivity contribution in [2.75, 3.05) is 26.8 Å². The largest absolute Gasteiger partial charge is 0.481 e. The van der Waals surface area contributed by atoms with Crippen molar-refractivity contribution in [1.82, 2.24) is 4.90 Å². The molecule has 0 aromatic heterocycles. The third kappa shape index (κ3) is 2.93. The lowest BCUT2D eigenvalue weighted by molar-refractivity contribution is -0.151. The number of ether oxygens (including phenoxy) is 1. The molecule has 21 heavy (non-hydrogen) atoms. The normalized spacial score (nSPS) is 21.6. The van der Waals surface area contributed by atoms with Gasteiger partial charge in [0.1, 0.15) is 5.41 Å². The van der Waals surface area contributed by atoms with Crippen molar-refractivity contribution in [2.45, 2.75) is 20.3 Å². The van der Waals surface area contributed by atoms with Crippen molar-refractivity contribution in [3.05, 3.63) is 34.9 Å². The average molecular weight is 291 g/mol. The zero-order valence-electron chi connectivity index (χ0n) is 12.7. The maximum atomic E-state index is 12.6. The first-order valence-electron chi connectivity index (χ1n) is 6.98. The fourth-order valence-corrected chi connectivity index (χ4v) is 2.90. The van der Waals surface area contributed by atoms with E-state index >= 15 is 0 Å². The molecular weight excluding hydrogens is 270 g/mol. The van der Waals surface area contributed by atoms with Crippen molar-refractivity contribution < 1.29 is 19.4 Å². The molecule has 0 saturated carbocycles. The van der Waals surface area contributed by atoms with E-state index in [0.29, 0.717) is 18.5 Å². The zero-order chi connectivity index (χ0) is 15.6. The summed E-state index contributed by atoms with van der Waals surface area (Å²) in [5.41, 5.74) is 1.67. The standard InChI is InChI=1S/C16H21NO4/c1-11-4-5-13(12(2)8-11)14(18)17-7-6-16(9-17,10-21-3)15(19)20/h4-5,8H,6-7,9-10H2,1-3H3,(H,19,20). The van der Waals surface area contributed by atoms with Gasteiger partial charge in [0, 0.05) is 25.8 Å². The molecular formula is C16H21NO4. The monoisotopic (exact) mass is 291 g/mol. The van der Waals surface area contributed by atoms with Crippen molar-refractivity contribution in [3.8, 4) is 0 Å². The lowest BCUT2D eigenvalue weighted by atomic mass is 9.88. The molecule has 1 unspecified atom stereocenters. The molecule has 1 aliphatic heterocycles. The smallest absolute Gasteiger partial charge is 0.313 e. The molecule has 1 aromatic rings. The Morgan fingerprint density at radius 3 is 2.67 bits per heavy atom. The number of hydrogen-bond donors (Lipinski definition) is 1. The maximum Gasteiger partial charge on any atom is 0.313 e. The van der Waals surface area contributed by atoms with Gasteiger partial charge in [-0.1, -0.05) is 17.7 Å². The van der Waals surface area contributed by atoms with Gasteiger partial charge in [-0.15, -0.1) is 0 Å². The Kier molecular flexibility index (Phi) is 4.32. The molecule has 1 amide bonds. The Labute approximate surface area is 124 Å². The minimum Gasteiger partial charge on any atom is -0.481 e. The van der Waals surface area contributed by atoms with Crippen LogP contribution < -0.4 is 0 Å². The number of likely N-dealkylation sites (tertiary alicyclic amines) is 1. The number of carboxylic acids is 1. The van der Waals surface area contributed by atoms with E-state index in [1.807, 2.05) is 32.0 Å². The second-order valence-electron chi connectivity index (χ2n) is 5.81. The van der Waals surface area contributed by atoms with Crippen LogP contribution in [0.25, 0.3) is 0 Å². The summed E-state index contributed by atoms with van der Waals surface area (Å²) >= 11 is 0. The minimum atomic E-state index is -0.983. The third-order valence-electron chi connectivity index (χ3n) is 4.13. The van der Waals surface area contributed by atoms with Crippen LogP contribution in [0.3, 0.4) is 0 Å². The summed E-state index contributed by atoms with van der Waals surface area (Å²) in [6.07, 6.45) is 0.423. The molecule has 2 rings (SSSR count). The van der Waals surface area contributed by atoms with E-state index in [9.17, 15) is 14.7 Å². The highest BCUT2D eigenvalue weighted by Crippen LogP contribution is 2.32. The highest BCUT2D eigenvalue weighted by atomic mass is 16.5. The first kappa shape index (κ1) is 15.5. The predicted molar refractivity (Wildman–Crippen MR) is 78.4 cm³/mol. The van der Waals surface area contributed by atoms with Gasteiger partial charge in [-0.3, -0.25) is 9.59 Å². The number of carbonyl (C=O) groups excluding carboxylic acids is 1. The Morgan fingerprint density at radius 1 is 1.38 bits per heavy atom. The first-order valence-corrected chi connectivity index (χ1v) is 6.98. The van der Waals surface area contributed by atoms with Crippen LogP contribution in [0.5, 0.6) is 0 Å². The molecule has 1 fully saturated rings. The fourth-order valence-electron chi connectivity index (χ4n) is 2.90. The number of carboxylic acid groups (broad SMARTS) is 1. The van der Waals surface area contributed by atoms with Gasteiger partial charge in [-0.05, 0) is 31.9 Å². The lowest BCUT2D eigenvalue weighted by Gasteiger charge is -2.24. The number of rotatable bonds is 4. The van der Waals surface area contributed by atoms with Crippen molar-refractivity contribution >= 4 is 11.9 Å². The van der Waals surface area contributed by atoms with E-state index in [4.69, 9.17) is 4.74 Å². The first-order chi connectivity index (χ1) is 9.89. The fraction of sp³-hybridized carbons (Fsp3) is 0.500. The van der Waals surface area contributed by atoms with Gasteiger partial charge in [0.05, 0.1) is 6.61 Å². The van der Waals surface area contributed by atoms with Crippen molar-refractivity contribution in [2.24, 2.45) is 5.41 Å². The van der Waals surface area contributed by atoms with E-state index in [1.165, 1.54) is 7.11 Å². The summed E-state index contributed by atoms with van der Waals surface area (Å²) in [5.74, 6) is -1.01. The van der Waals surface area contributed by atoms with E-state index in [2.05, 4.69) is 0 Å². The number of carbonyl (C=O) groups is 2. The molecule has 1 heterocycles. The maximum absolute atomic E-state index is 12.6. The quantitative estimate of drug-likeness (QED) is 0.919. The van der Waals surface area contributed by atoms with Crippen LogP contribution in [0, 0.1) is 19.3 Å². The summed E-state index contributed by atoms with van der Waals surface area (Å²) in [7, 11) is 1.49. The van der Waals surface area contributed by atoms with Crippen LogP contribution in [0.4, 0.5) is 0 Å². The van der Waals surface area contributed by atoms with Gasteiger partial charge in [0.2, 0.25) is 0 Å². The number of aliphatic carboxylic acids is 1. The van der Waals surface area contributed by atoms with Crippen LogP contribution in [0.2, 0.25) is 0 Å². The van der Waals surface area contributed by atoms with Gasteiger partial charge in [0.15, 0.2) is 0 Å². The number of aryl methyl sites for hydroxylation is 2. The second kappa shape index (κ2) is 5.85. The molecule has 0 radical (unpaired) electrons. The highest BCUT2D eigenvalue weighted by molar-refractivity contribution is 5.96. The average Bonchev–Trinajstić information content (AvgIpc) is 2.84. The molecule has 0 aliphatic carbocycles. The summed E-state index contributed by atoms with van der Waals surface area (Å²) in [6, 6.07) is 5.67. The predicted octanol–water partition coefficient (Wildman–Crippen LogP) is 1.87. The van der Waals surface area contributed by atoms with Crippen molar-refractivity contribution in [3.63, 3.8) is 0 Å². The molecule has 5 nitrogen and oxygen atoms in total.